The molecule has 1 aliphatic heterocycles. The van der Waals surface area contributed by atoms with E-state index in [-0.39, 0.29) is 23.2 Å². The molecule has 2 fully saturated rings. The molecule has 170 valence electrons. The molecule has 1 aliphatic carbocycles. The Balaban J connectivity index is 1.61. The number of aromatic hydroxyl groups is 1. The number of hydrogen-bond donors (Lipinski definition) is 5. The summed E-state index contributed by atoms with van der Waals surface area (Å²) in [6, 6.07) is 4.40. The van der Waals surface area contributed by atoms with Gasteiger partial charge in [-0.2, -0.15) is 0 Å². The van der Waals surface area contributed by atoms with Gasteiger partial charge >= 0.3 is 5.63 Å². The highest BCUT2D eigenvalue weighted by atomic mass is 16.7. The molecule has 1 saturated heterocycles. The number of aliphatic hydroxyl groups is 4. The van der Waals surface area contributed by atoms with Crippen LogP contribution in [-0.2, 0) is 4.74 Å². The summed E-state index contributed by atoms with van der Waals surface area (Å²) in [6.45, 7) is -0.585. The molecule has 2 aliphatic rings. The first-order chi connectivity index (χ1) is 14.9. The van der Waals surface area contributed by atoms with Gasteiger partial charge in [0.05, 0.1) is 18.1 Å². The highest BCUT2D eigenvalue weighted by Gasteiger charge is 2.44. The van der Waals surface area contributed by atoms with Crippen molar-refractivity contribution < 1.29 is 44.2 Å². The van der Waals surface area contributed by atoms with Gasteiger partial charge < -0.3 is 44.2 Å². The smallest absolute Gasteiger partial charge is 0.382 e. The largest absolute Gasteiger partial charge is 0.499 e. The lowest BCUT2D eigenvalue weighted by Gasteiger charge is -2.39. The average molecular weight is 438 g/mol. The van der Waals surface area contributed by atoms with Crippen molar-refractivity contribution in [1.29, 1.82) is 0 Å². The SMILES string of the molecule is O=c1oc2cc(O[C@@H]3O[C@H](CO)[C@H](O)[C@H](O)[C@H]3O)ccc2c(OC2CCCCC2)c1O. The van der Waals surface area contributed by atoms with Crippen LogP contribution in [0.1, 0.15) is 32.1 Å². The highest BCUT2D eigenvalue weighted by Crippen LogP contribution is 2.36. The van der Waals surface area contributed by atoms with Crippen LogP contribution in [0.15, 0.2) is 27.4 Å². The second kappa shape index (κ2) is 9.01. The lowest BCUT2D eigenvalue weighted by Crippen LogP contribution is -2.60. The summed E-state index contributed by atoms with van der Waals surface area (Å²) in [6.07, 6.45) is -2.44. The van der Waals surface area contributed by atoms with Crippen molar-refractivity contribution in [1.82, 2.24) is 0 Å². The van der Waals surface area contributed by atoms with Gasteiger partial charge in [-0.3, -0.25) is 0 Å². The first-order valence-electron chi connectivity index (χ1n) is 10.3. The minimum atomic E-state index is -1.58. The molecule has 0 amide bonds. The van der Waals surface area contributed by atoms with Crippen molar-refractivity contribution in [3.05, 3.63) is 28.6 Å². The van der Waals surface area contributed by atoms with Crippen LogP contribution in [0.2, 0.25) is 0 Å². The zero-order valence-corrected chi connectivity index (χ0v) is 16.7. The van der Waals surface area contributed by atoms with Gasteiger partial charge in [0.2, 0.25) is 12.0 Å². The lowest BCUT2D eigenvalue weighted by molar-refractivity contribution is -0.277. The standard InChI is InChI=1S/C21H26O10/c22-9-14-15(23)16(24)17(25)21(31-14)29-11-6-7-12-13(8-11)30-20(27)18(26)19(12)28-10-4-2-1-3-5-10/h6-8,10,14-17,21-26H,1-5,9H2/t14-,15+,16+,17-,21-/m1/s1. The first-order valence-corrected chi connectivity index (χ1v) is 10.3. The summed E-state index contributed by atoms with van der Waals surface area (Å²) in [4.78, 5) is 12.1. The third kappa shape index (κ3) is 4.35. The predicted octanol–water partition coefficient (Wildman–Crippen LogP) is 0.389. The predicted molar refractivity (Wildman–Crippen MR) is 106 cm³/mol. The molecule has 0 radical (unpaired) electrons. The van der Waals surface area contributed by atoms with E-state index >= 15 is 0 Å². The number of benzene rings is 1. The van der Waals surface area contributed by atoms with Gasteiger partial charge in [-0.05, 0) is 37.8 Å². The number of ether oxygens (including phenoxy) is 3. The number of hydrogen-bond acceptors (Lipinski definition) is 10. The van der Waals surface area contributed by atoms with Crippen LogP contribution in [0.4, 0.5) is 0 Å². The molecule has 5 N–H and O–H groups in total. The van der Waals surface area contributed by atoms with Gasteiger partial charge in [-0.15, -0.1) is 0 Å². The van der Waals surface area contributed by atoms with E-state index in [4.69, 9.17) is 18.6 Å². The first kappa shape index (κ1) is 21.8. The second-order valence-corrected chi connectivity index (χ2v) is 7.92. The van der Waals surface area contributed by atoms with E-state index in [9.17, 15) is 30.3 Å². The minimum Gasteiger partial charge on any atom is -0.499 e. The summed E-state index contributed by atoms with van der Waals surface area (Å²) in [5.41, 5.74) is -0.862. The molecule has 1 aromatic carbocycles. The number of rotatable bonds is 5. The van der Waals surface area contributed by atoms with Crippen LogP contribution in [0, 0.1) is 0 Å². The fourth-order valence-corrected chi connectivity index (χ4v) is 3.98. The van der Waals surface area contributed by atoms with E-state index < -0.39 is 48.7 Å². The topological polar surface area (TPSA) is 159 Å². The van der Waals surface area contributed by atoms with E-state index in [0.29, 0.717) is 5.39 Å². The monoisotopic (exact) mass is 438 g/mol. The lowest BCUT2D eigenvalue weighted by atomic mass is 9.98. The molecular formula is C21H26O10. The Morgan fingerprint density at radius 3 is 2.45 bits per heavy atom. The molecule has 31 heavy (non-hydrogen) atoms. The summed E-state index contributed by atoms with van der Waals surface area (Å²) in [5.74, 6) is -0.410. The van der Waals surface area contributed by atoms with Gasteiger partial charge in [0.1, 0.15) is 35.7 Å². The van der Waals surface area contributed by atoms with E-state index in [1.165, 1.54) is 18.2 Å². The van der Waals surface area contributed by atoms with Gasteiger partial charge in [0.25, 0.3) is 0 Å². The molecule has 2 heterocycles. The summed E-state index contributed by atoms with van der Waals surface area (Å²) in [7, 11) is 0. The third-order valence-corrected chi connectivity index (χ3v) is 5.75. The maximum Gasteiger partial charge on any atom is 0.382 e. The fourth-order valence-electron chi connectivity index (χ4n) is 3.98. The Labute approximate surface area is 177 Å². The van der Waals surface area contributed by atoms with Crippen LogP contribution >= 0.6 is 0 Å². The number of fused-ring (bicyclic) bond motifs is 1. The van der Waals surface area contributed by atoms with E-state index in [2.05, 4.69) is 0 Å². The summed E-state index contributed by atoms with van der Waals surface area (Å²) >= 11 is 0. The second-order valence-electron chi connectivity index (χ2n) is 7.92. The number of aliphatic hydroxyl groups excluding tert-OH is 4. The highest BCUT2D eigenvalue weighted by molar-refractivity contribution is 5.86. The Morgan fingerprint density at radius 1 is 1.00 bits per heavy atom. The normalized spacial score (nSPS) is 29.7. The van der Waals surface area contributed by atoms with Crippen LogP contribution in [0.5, 0.6) is 17.2 Å². The van der Waals surface area contributed by atoms with E-state index in [1.54, 1.807) is 0 Å². The zero-order valence-electron chi connectivity index (χ0n) is 16.7. The molecule has 10 nitrogen and oxygen atoms in total. The molecule has 0 unspecified atom stereocenters. The average Bonchev–Trinajstić information content (AvgIpc) is 2.78. The maximum atomic E-state index is 12.1. The van der Waals surface area contributed by atoms with Crippen molar-refractivity contribution in [2.75, 3.05) is 6.61 Å². The van der Waals surface area contributed by atoms with Crippen LogP contribution in [0.3, 0.4) is 0 Å². The molecule has 1 saturated carbocycles. The molecule has 4 rings (SSSR count). The van der Waals surface area contributed by atoms with Gasteiger partial charge in [0, 0.05) is 6.07 Å². The van der Waals surface area contributed by atoms with Gasteiger partial charge in [0.15, 0.2) is 5.75 Å². The van der Waals surface area contributed by atoms with Crippen LogP contribution < -0.4 is 15.1 Å². The van der Waals surface area contributed by atoms with Crippen molar-refractivity contribution in [3.63, 3.8) is 0 Å². The Bertz CT molecular complexity index is 965. The van der Waals surface area contributed by atoms with E-state index in [1.807, 2.05) is 0 Å². The summed E-state index contributed by atoms with van der Waals surface area (Å²) < 4.78 is 22.0. The quantitative estimate of drug-likeness (QED) is 0.413. The summed E-state index contributed by atoms with van der Waals surface area (Å²) in [5, 5.41) is 49.8. The third-order valence-electron chi connectivity index (χ3n) is 5.75. The maximum absolute atomic E-state index is 12.1. The molecule has 5 atom stereocenters. The zero-order chi connectivity index (χ0) is 22.1. The van der Waals surface area contributed by atoms with Crippen molar-refractivity contribution in [2.45, 2.75) is 68.9 Å². The van der Waals surface area contributed by atoms with Crippen LogP contribution in [-0.4, -0.2) is 68.9 Å². The molecule has 10 heteroatoms. The van der Waals surface area contributed by atoms with Crippen LogP contribution in [0.25, 0.3) is 11.0 Å². The van der Waals surface area contributed by atoms with Crippen molar-refractivity contribution >= 4 is 11.0 Å². The molecule has 1 aromatic heterocycles. The molecule has 0 bridgehead atoms. The van der Waals surface area contributed by atoms with Gasteiger partial charge in [-0.25, -0.2) is 4.79 Å². The molecule has 2 aromatic rings. The molecule has 0 spiro atoms. The van der Waals surface area contributed by atoms with E-state index in [0.717, 1.165) is 32.1 Å². The van der Waals surface area contributed by atoms with Crippen molar-refractivity contribution in [2.24, 2.45) is 0 Å². The Hall–Kier alpha value is -2.37. The van der Waals surface area contributed by atoms with Gasteiger partial charge in [-0.1, -0.05) is 6.42 Å². The molecular weight excluding hydrogens is 412 g/mol. The minimum absolute atomic E-state index is 0.0533. The Morgan fingerprint density at radius 2 is 1.74 bits per heavy atom. The fraction of sp³-hybridized carbons (Fsp3) is 0.571. The van der Waals surface area contributed by atoms with Crippen molar-refractivity contribution in [3.8, 4) is 17.2 Å². The Kier molecular flexibility index (Phi) is 6.35.